The summed E-state index contributed by atoms with van der Waals surface area (Å²) < 4.78 is 11.0. The molecule has 3 heterocycles. The van der Waals surface area contributed by atoms with Crippen LogP contribution in [-0.2, 0) is 0 Å². The van der Waals surface area contributed by atoms with Gasteiger partial charge >= 0.3 is 0 Å². The second kappa shape index (κ2) is 9.22. The molecule has 45 heavy (non-hydrogen) atoms. The van der Waals surface area contributed by atoms with Gasteiger partial charge in [-0.3, -0.25) is 0 Å². The van der Waals surface area contributed by atoms with Gasteiger partial charge in [0.1, 0.15) is 11.2 Å². The highest BCUT2D eigenvalue weighted by atomic mass is 16.3. The first-order valence-electron chi connectivity index (χ1n) is 15.4. The molecule has 0 unspecified atom stereocenters. The lowest BCUT2D eigenvalue weighted by Gasteiger charge is -2.11. The summed E-state index contributed by atoms with van der Waals surface area (Å²) >= 11 is 0. The van der Waals surface area contributed by atoms with Crippen molar-refractivity contribution in [3.05, 3.63) is 158 Å². The van der Waals surface area contributed by atoms with E-state index in [1.54, 1.807) is 0 Å². The van der Waals surface area contributed by atoms with E-state index in [4.69, 9.17) is 4.42 Å². The molecule has 0 aliphatic heterocycles. The average Bonchev–Trinajstić information content (AvgIpc) is 3.75. The molecule has 0 N–H and O–H groups in total. The number of nitrogens with zero attached hydrogens (tertiary/aromatic N) is 2. The predicted octanol–water partition coefficient (Wildman–Crippen LogP) is 11.4. The molecule has 7 aromatic carbocycles. The summed E-state index contributed by atoms with van der Waals surface area (Å²) in [5.41, 5.74) is 11.3. The van der Waals surface area contributed by atoms with E-state index in [2.05, 4.69) is 155 Å². The molecule has 0 bridgehead atoms. The number of hydrogen-bond donors (Lipinski definition) is 0. The predicted molar refractivity (Wildman–Crippen MR) is 188 cm³/mol. The maximum atomic E-state index is 6.16. The fourth-order valence-corrected chi connectivity index (χ4v) is 7.38. The smallest absolute Gasteiger partial charge is 0.135 e. The molecule has 0 saturated heterocycles. The fourth-order valence-electron chi connectivity index (χ4n) is 7.38. The number of aromatic nitrogens is 2. The van der Waals surface area contributed by atoms with Crippen LogP contribution in [0.5, 0.6) is 0 Å². The molecule has 0 atom stereocenters. The topological polar surface area (TPSA) is 23.0 Å². The Bertz CT molecular complexity index is 2760. The summed E-state index contributed by atoms with van der Waals surface area (Å²) in [6, 6.07) is 56.6. The molecule has 3 aromatic heterocycles. The Balaban J connectivity index is 1.25. The maximum absolute atomic E-state index is 6.16. The molecule has 0 aliphatic rings. The molecular formula is C42H26N2O. The quantitative estimate of drug-likeness (QED) is 0.206. The van der Waals surface area contributed by atoms with E-state index in [1.165, 1.54) is 54.7 Å². The zero-order chi connectivity index (χ0) is 29.5. The number of rotatable bonds is 3. The molecule has 10 rings (SSSR count). The SMILES string of the molecule is c1ccc(-n2c3ccccc3c3ccc(-c4cccc5c4c4ccccc4n5-c4ccc5oc6ccccc6c5c4)cc32)cc1. The molecule has 0 saturated carbocycles. The van der Waals surface area contributed by atoms with Crippen LogP contribution >= 0.6 is 0 Å². The Hall–Kier alpha value is -6.06. The van der Waals surface area contributed by atoms with E-state index >= 15 is 0 Å². The van der Waals surface area contributed by atoms with Crippen LogP contribution in [0, 0.1) is 0 Å². The van der Waals surface area contributed by atoms with Crippen LogP contribution in [0.3, 0.4) is 0 Å². The molecule has 10 aromatic rings. The third-order valence-electron chi connectivity index (χ3n) is 9.32. The van der Waals surface area contributed by atoms with E-state index in [9.17, 15) is 0 Å². The number of para-hydroxylation sites is 4. The lowest BCUT2D eigenvalue weighted by Crippen LogP contribution is -1.94. The Morgan fingerprint density at radius 1 is 0.356 bits per heavy atom. The van der Waals surface area contributed by atoms with E-state index in [0.717, 1.165) is 33.3 Å². The highest BCUT2D eigenvalue weighted by Crippen LogP contribution is 2.41. The fraction of sp³-hybridized carbons (Fsp3) is 0. The Morgan fingerprint density at radius 3 is 1.87 bits per heavy atom. The summed E-state index contributed by atoms with van der Waals surface area (Å²) in [5, 5.41) is 7.28. The zero-order valence-corrected chi connectivity index (χ0v) is 24.3. The van der Waals surface area contributed by atoms with Crippen molar-refractivity contribution in [2.45, 2.75) is 0 Å². The summed E-state index contributed by atoms with van der Waals surface area (Å²) in [7, 11) is 0. The summed E-state index contributed by atoms with van der Waals surface area (Å²) in [4.78, 5) is 0. The average molecular weight is 575 g/mol. The van der Waals surface area contributed by atoms with Crippen LogP contribution in [-0.4, -0.2) is 9.13 Å². The Labute approximate surface area is 258 Å². The van der Waals surface area contributed by atoms with Crippen LogP contribution in [0.15, 0.2) is 162 Å². The zero-order valence-electron chi connectivity index (χ0n) is 24.3. The Kier molecular flexibility index (Phi) is 5.00. The molecule has 3 nitrogen and oxygen atoms in total. The standard InChI is InChI=1S/C42H26N2O/c1-2-11-28(12-3-1)43-36-17-7-4-13-31(36)32-23-21-27(25-39(32)43)30-16-10-19-38-42(30)34-15-5-8-18-37(34)44(38)29-22-24-41-35(26-29)33-14-6-9-20-40(33)45-41/h1-26H. The van der Waals surface area contributed by atoms with Gasteiger partial charge in [0, 0.05) is 43.7 Å². The van der Waals surface area contributed by atoms with Crippen molar-refractivity contribution in [1.82, 2.24) is 9.13 Å². The minimum absolute atomic E-state index is 0.906. The third-order valence-corrected chi connectivity index (χ3v) is 9.32. The number of benzene rings is 7. The van der Waals surface area contributed by atoms with Crippen LogP contribution < -0.4 is 0 Å². The van der Waals surface area contributed by atoms with Crippen LogP contribution in [0.4, 0.5) is 0 Å². The van der Waals surface area contributed by atoms with E-state index < -0.39 is 0 Å². The first kappa shape index (κ1) is 24.4. The van der Waals surface area contributed by atoms with Gasteiger partial charge in [0.05, 0.1) is 22.1 Å². The molecule has 0 spiro atoms. The first-order chi connectivity index (χ1) is 22.3. The second-order valence-electron chi connectivity index (χ2n) is 11.8. The number of fused-ring (bicyclic) bond motifs is 9. The molecule has 0 aliphatic carbocycles. The molecule has 0 radical (unpaired) electrons. The van der Waals surface area contributed by atoms with Gasteiger partial charge < -0.3 is 13.6 Å². The van der Waals surface area contributed by atoms with Gasteiger partial charge in [-0.15, -0.1) is 0 Å². The van der Waals surface area contributed by atoms with Crippen molar-refractivity contribution < 1.29 is 4.42 Å². The molecule has 0 amide bonds. The Morgan fingerprint density at radius 2 is 1.00 bits per heavy atom. The summed E-state index contributed by atoms with van der Waals surface area (Å²) in [6.07, 6.45) is 0. The summed E-state index contributed by atoms with van der Waals surface area (Å²) in [6.45, 7) is 0. The highest BCUT2D eigenvalue weighted by molar-refractivity contribution is 6.17. The van der Waals surface area contributed by atoms with Gasteiger partial charge in [0.25, 0.3) is 0 Å². The third kappa shape index (κ3) is 3.46. The van der Waals surface area contributed by atoms with Crippen molar-refractivity contribution in [2.24, 2.45) is 0 Å². The number of hydrogen-bond acceptors (Lipinski definition) is 1. The van der Waals surface area contributed by atoms with E-state index in [0.29, 0.717) is 0 Å². The van der Waals surface area contributed by atoms with Crippen molar-refractivity contribution in [2.75, 3.05) is 0 Å². The molecular weight excluding hydrogens is 548 g/mol. The van der Waals surface area contributed by atoms with E-state index in [1.807, 2.05) is 12.1 Å². The van der Waals surface area contributed by atoms with Crippen molar-refractivity contribution in [3.8, 4) is 22.5 Å². The van der Waals surface area contributed by atoms with Gasteiger partial charge in [0.15, 0.2) is 0 Å². The maximum Gasteiger partial charge on any atom is 0.135 e. The summed E-state index contributed by atoms with van der Waals surface area (Å²) in [5.74, 6) is 0. The van der Waals surface area contributed by atoms with Crippen molar-refractivity contribution in [1.29, 1.82) is 0 Å². The van der Waals surface area contributed by atoms with Crippen molar-refractivity contribution in [3.63, 3.8) is 0 Å². The van der Waals surface area contributed by atoms with E-state index in [-0.39, 0.29) is 0 Å². The molecule has 0 fully saturated rings. The highest BCUT2D eigenvalue weighted by Gasteiger charge is 2.19. The van der Waals surface area contributed by atoms with Crippen LogP contribution in [0.2, 0.25) is 0 Å². The largest absolute Gasteiger partial charge is 0.456 e. The minimum Gasteiger partial charge on any atom is -0.456 e. The van der Waals surface area contributed by atoms with Crippen molar-refractivity contribution >= 4 is 65.6 Å². The van der Waals surface area contributed by atoms with Gasteiger partial charge in [-0.25, -0.2) is 0 Å². The first-order valence-corrected chi connectivity index (χ1v) is 15.4. The van der Waals surface area contributed by atoms with Gasteiger partial charge in [-0.1, -0.05) is 97.1 Å². The molecule has 3 heteroatoms. The van der Waals surface area contributed by atoms with Gasteiger partial charge in [-0.2, -0.15) is 0 Å². The second-order valence-corrected chi connectivity index (χ2v) is 11.8. The monoisotopic (exact) mass is 574 g/mol. The van der Waals surface area contributed by atoms with Gasteiger partial charge in [-0.05, 0) is 71.8 Å². The minimum atomic E-state index is 0.906. The lowest BCUT2D eigenvalue weighted by molar-refractivity contribution is 0.669. The van der Waals surface area contributed by atoms with Gasteiger partial charge in [0.2, 0.25) is 0 Å². The normalized spacial score (nSPS) is 12.0. The number of furan rings is 1. The van der Waals surface area contributed by atoms with Crippen LogP contribution in [0.1, 0.15) is 0 Å². The lowest BCUT2D eigenvalue weighted by atomic mass is 9.98. The molecule has 210 valence electrons. The van der Waals surface area contributed by atoms with Crippen LogP contribution in [0.25, 0.3) is 88.1 Å².